The van der Waals surface area contributed by atoms with Gasteiger partial charge in [-0.25, -0.2) is 9.97 Å². The first kappa shape index (κ1) is 15.9. The van der Waals surface area contributed by atoms with Gasteiger partial charge in [0.15, 0.2) is 5.82 Å². The normalized spacial score (nSPS) is 17.6. The lowest BCUT2D eigenvalue weighted by atomic mass is 10.0. The molecule has 1 aliphatic heterocycles. The van der Waals surface area contributed by atoms with Gasteiger partial charge in [-0.15, -0.1) is 0 Å². The fourth-order valence-electron chi connectivity index (χ4n) is 2.74. The first-order valence-electron chi connectivity index (χ1n) is 7.82. The molecule has 7 nitrogen and oxygen atoms in total. The van der Waals surface area contributed by atoms with Gasteiger partial charge in [-0.3, -0.25) is 5.10 Å². The summed E-state index contributed by atoms with van der Waals surface area (Å²) >= 11 is 0. The summed E-state index contributed by atoms with van der Waals surface area (Å²) in [4.78, 5) is 11.4. The molecule has 2 aromatic heterocycles. The second-order valence-electron chi connectivity index (χ2n) is 5.94. The lowest BCUT2D eigenvalue weighted by molar-refractivity contribution is 0.177. The Balaban J connectivity index is 1.85. The second kappa shape index (κ2) is 7.06. The molecule has 1 N–H and O–H groups in total. The summed E-state index contributed by atoms with van der Waals surface area (Å²) in [5.41, 5.74) is 3.27. The number of ether oxygens (including phenoxy) is 2. The van der Waals surface area contributed by atoms with Crippen molar-refractivity contribution in [2.75, 3.05) is 32.3 Å². The lowest BCUT2D eigenvalue weighted by Crippen LogP contribution is -2.20. The Labute approximate surface area is 136 Å². The highest BCUT2D eigenvalue weighted by atomic mass is 16.5. The minimum atomic E-state index is 0.344. The van der Waals surface area contributed by atoms with Crippen molar-refractivity contribution in [3.8, 4) is 0 Å². The first-order chi connectivity index (χ1) is 11.2. The number of rotatable bonds is 6. The summed E-state index contributed by atoms with van der Waals surface area (Å²) in [7, 11) is 3.69. The van der Waals surface area contributed by atoms with Gasteiger partial charge in [-0.05, 0) is 13.3 Å². The van der Waals surface area contributed by atoms with Gasteiger partial charge in [0.05, 0.1) is 18.5 Å². The summed E-state index contributed by atoms with van der Waals surface area (Å²) in [5, 5.41) is 7.04. The molecular formula is C16H23N5O2. The van der Waals surface area contributed by atoms with E-state index < -0.39 is 0 Å². The average Bonchev–Trinajstić information content (AvgIpc) is 3.20. The lowest BCUT2D eigenvalue weighted by Gasteiger charge is -2.20. The maximum Gasteiger partial charge on any atom is 0.156 e. The molecule has 3 heterocycles. The van der Waals surface area contributed by atoms with Crippen LogP contribution >= 0.6 is 0 Å². The average molecular weight is 317 g/mol. The minimum absolute atomic E-state index is 0.344. The third-order valence-electron chi connectivity index (χ3n) is 4.13. The Morgan fingerprint density at radius 1 is 1.43 bits per heavy atom. The van der Waals surface area contributed by atoms with Crippen LogP contribution in [0.3, 0.4) is 0 Å². The number of aryl methyl sites for hydroxylation is 1. The molecule has 1 aliphatic rings. The number of hydrogen-bond acceptors (Lipinski definition) is 6. The molecule has 0 aliphatic carbocycles. The zero-order valence-electron chi connectivity index (χ0n) is 13.9. The summed E-state index contributed by atoms with van der Waals surface area (Å²) in [6.45, 7) is 4.70. The van der Waals surface area contributed by atoms with Crippen molar-refractivity contribution in [1.82, 2.24) is 20.2 Å². The predicted molar refractivity (Wildman–Crippen MR) is 86.4 cm³/mol. The van der Waals surface area contributed by atoms with Crippen molar-refractivity contribution in [2.45, 2.75) is 32.4 Å². The maximum atomic E-state index is 5.49. The van der Waals surface area contributed by atoms with Crippen LogP contribution in [0, 0.1) is 6.92 Å². The number of H-pyrrole nitrogens is 1. The zero-order valence-corrected chi connectivity index (χ0v) is 13.9. The molecule has 1 saturated heterocycles. The molecule has 1 unspecified atom stereocenters. The highest BCUT2D eigenvalue weighted by Gasteiger charge is 2.21. The van der Waals surface area contributed by atoms with E-state index in [2.05, 4.69) is 31.1 Å². The Bertz CT molecular complexity index is 652. The van der Waals surface area contributed by atoms with E-state index in [1.54, 1.807) is 7.11 Å². The van der Waals surface area contributed by atoms with Gasteiger partial charge in [0.2, 0.25) is 0 Å². The molecular weight excluding hydrogens is 294 g/mol. The van der Waals surface area contributed by atoms with Gasteiger partial charge < -0.3 is 14.4 Å². The van der Waals surface area contributed by atoms with Gasteiger partial charge in [0, 0.05) is 50.6 Å². The predicted octanol–water partition coefficient (Wildman–Crippen LogP) is 1.79. The molecule has 0 bridgehead atoms. The first-order valence-corrected chi connectivity index (χ1v) is 7.82. The van der Waals surface area contributed by atoms with Crippen LogP contribution in [0.2, 0.25) is 0 Å². The number of nitrogens with zero attached hydrogens (tertiary/aromatic N) is 4. The van der Waals surface area contributed by atoms with Crippen LogP contribution in [0.5, 0.6) is 0 Å². The van der Waals surface area contributed by atoms with E-state index in [4.69, 9.17) is 9.47 Å². The van der Waals surface area contributed by atoms with Crippen LogP contribution in [0.4, 0.5) is 5.82 Å². The quantitative estimate of drug-likeness (QED) is 0.875. The highest BCUT2D eigenvalue weighted by molar-refractivity contribution is 5.41. The van der Waals surface area contributed by atoms with Crippen LogP contribution in [-0.2, 0) is 22.6 Å². The van der Waals surface area contributed by atoms with E-state index in [0.717, 1.165) is 48.9 Å². The molecule has 7 heteroatoms. The summed E-state index contributed by atoms with van der Waals surface area (Å²) in [6.07, 6.45) is 2.86. The van der Waals surface area contributed by atoms with Crippen LogP contribution in [0.1, 0.15) is 35.1 Å². The molecule has 0 amide bonds. The maximum absolute atomic E-state index is 5.49. The van der Waals surface area contributed by atoms with Crippen molar-refractivity contribution in [3.63, 3.8) is 0 Å². The Hall–Kier alpha value is -1.99. The standard InChI is InChI=1S/C16H23N5O2/c1-11-13(7-17-20-11)8-21(2)16-6-14(12-4-5-23-9-12)18-15(19-16)10-22-3/h6-7,12H,4-5,8-10H2,1-3H3,(H,17,20). The van der Waals surface area contributed by atoms with Crippen molar-refractivity contribution in [3.05, 3.63) is 35.0 Å². The molecule has 1 fully saturated rings. The number of aromatic nitrogens is 4. The number of anilines is 1. The number of aromatic amines is 1. The molecule has 1 atom stereocenters. The zero-order chi connectivity index (χ0) is 16.2. The summed E-state index contributed by atoms with van der Waals surface area (Å²) < 4.78 is 10.7. The van der Waals surface area contributed by atoms with Gasteiger partial charge in [0.25, 0.3) is 0 Å². The Morgan fingerprint density at radius 3 is 2.96 bits per heavy atom. The molecule has 124 valence electrons. The Morgan fingerprint density at radius 2 is 2.30 bits per heavy atom. The van der Waals surface area contributed by atoms with Gasteiger partial charge in [-0.2, -0.15) is 5.10 Å². The van der Waals surface area contributed by atoms with Crippen LogP contribution in [0.25, 0.3) is 0 Å². The minimum Gasteiger partial charge on any atom is -0.381 e. The van der Waals surface area contributed by atoms with Gasteiger partial charge >= 0.3 is 0 Å². The van der Waals surface area contributed by atoms with Crippen molar-refractivity contribution >= 4 is 5.82 Å². The Kier molecular flexibility index (Phi) is 4.88. The van der Waals surface area contributed by atoms with E-state index in [9.17, 15) is 0 Å². The number of methoxy groups -OCH3 is 1. The fraction of sp³-hybridized carbons (Fsp3) is 0.562. The van der Waals surface area contributed by atoms with E-state index in [0.29, 0.717) is 18.3 Å². The third-order valence-corrected chi connectivity index (χ3v) is 4.13. The fourth-order valence-corrected chi connectivity index (χ4v) is 2.74. The smallest absolute Gasteiger partial charge is 0.156 e. The molecule has 0 saturated carbocycles. The van der Waals surface area contributed by atoms with Gasteiger partial charge in [0.1, 0.15) is 12.4 Å². The monoisotopic (exact) mass is 317 g/mol. The second-order valence-corrected chi connectivity index (χ2v) is 5.94. The van der Waals surface area contributed by atoms with Crippen LogP contribution in [0.15, 0.2) is 12.3 Å². The topological polar surface area (TPSA) is 76.2 Å². The molecule has 3 rings (SSSR count). The number of hydrogen-bond donors (Lipinski definition) is 1. The molecule has 2 aromatic rings. The van der Waals surface area contributed by atoms with E-state index >= 15 is 0 Å². The summed E-state index contributed by atoms with van der Waals surface area (Å²) in [5.74, 6) is 1.95. The van der Waals surface area contributed by atoms with Crippen LogP contribution < -0.4 is 4.90 Å². The van der Waals surface area contributed by atoms with Gasteiger partial charge in [-0.1, -0.05) is 0 Å². The van der Waals surface area contributed by atoms with Crippen molar-refractivity contribution in [2.24, 2.45) is 0 Å². The van der Waals surface area contributed by atoms with E-state index in [1.165, 1.54) is 0 Å². The SMILES string of the molecule is COCc1nc(C2CCOC2)cc(N(C)Cc2cn[nH]c2C)n1. The molecule has 0 spiro atoms. The highest BCUT2D eigenvalue weighted by Crippen LogP contribution is 2.26. The molecule has 0 radical (unpaired) electrons. The van der Waals surface area contributed by atoms with Crippen molar-refractivity contribution < 1.29 is 9.47 Å². The summed E-state index contributed by atoms with van der Waals surface area (Å²) in [6, 6.07) is 2.06. The number of nitrogens with one attached hydrogen (secondary N) is 1. The van der Waals surface area contributed by atoms with E-state index in [-0.39, 0.29) is 0 Å². The molecule has 0 aromatic carbocycles. The van der Waals surface area contributed by atoms with Crippen molar-refractivity contribution in [1.29, 1.82) is 0 Å². The molecule has 23 heavy (non-hydrogen) atoms. The van der Waals surface area contributed by atoms with Crippen LogP contribution in [-0.4, -0.2) is 47.5 Å². The largest absolute Gasteiger partial charge is 0.381 e. The third kappa shape index (κ3) is 3.68. The van der Waals surface area contributed by atoms with E-state index in [1.807, 2.05) is 20.2 Å².